The van der Waals surface area contributed by atoms with Crippen molar-refractivity contribution in [1.82, 2.24) is 9.62 Å². The van der Waals surface area contributed by atoms with E-state index in [0.29, 0.717) is 0 Å². The number of ether oxygens (including phenoxy) is 2. The average molecular weight is 400 g/mol. The molecule has 0 aliphatic heterocycles. The molecule has 0 aliphatic carbocycles. The molecule has 0 heterocycles. The topological polar surface area (TPSA) is 102 Å². The number of benzene rings is 1. The van der Waals surface area contributed by atoms with Crippen molar-refractivity contribution < 1.29 is 27.5 Å². The zero-order valence-corrected chi connectivity index (χ0v) is 17.4. The monoisotopic (exact) mass is 400 g/mol. The van der Waals surface area contributed by atoms with Crippen LogP contribution in [-0.2, 0) is 19.6 Å². The summed E-state index contributed by atoms with van der Waals surface area (Å²) < 4.78 is 37.2. The van der Waals surface area contributed by atoms with Crippen LogP contribution in [0, 0.1) is 0 Å². The maximum atomic E-state index is 12.8. The first kappa shape index (κ1) is 22.9. The van der Waals surface area contributed by atoms with Crippen molar-refractivity contribution in [2.24, 2.45) is 0 Å². The number of methoxy groups -OCH3 is 1. The van der Waals surface area contributed by atoms with Crippen LogP contribution >= 0.6 is 0 Å². The Morgan fingerprint density at radius 3 is 2.22 bits per heavy atom. The van der Waals surface area contributed by atoms with E-state index in [1.807, 2.05) is 0 Å². The van der Waals surface area contributed by atoms with Gasteiger partial charge < -0.3 is 14.8 Å². The number of carbonyl (C=O) groups excluding carboxylic acids is 2. The van der Waals surface area contributed by atoms with Gasteiger partial charge >= 0.3 is 5.97 Å². The molecule has 9 heteroatoms. The number of nitrogens with one attached hydrogen (secondary N) is 1. The molecule has 1 unspecified atom stereocenters. The fraction of sp³-hybridized carbons (Fsp3) is 0.556. The Labute approximate surface area is 160 Å². The van der Waals surface area contributed by atoms with Crippen LogP contribution in [0.2, 0.25) is 0 Å². The molecule has 1 atom stereocenters. The van der Waals surface area contributed by atoms with Crippen molar-refractivity contribution in [1.29, 1.82) is 0 Å². The maximum Gasteiger partial charge on any atom is 0.338 e. The normalized spacial score (nSPS) is 12.7. The number of nitrogens with zero attached hydrogens (tertiary/aromatic N) is 1. The minimum atomic E-state index is -3.84. The Morgan fingerprint density at radius 2 is 1.74 bits per heavy atom. The molecule has 1 rings (SSSR count). The summed E-state index contributed by atoms with van der Waals surface area (Å²) in [6.07, 6.45) is -1.01. The molecule has 0 bridgehead atoms. The van der Waals surface area contributed by atoms with E-state index in [0.717, 1.165) is 0 Å². The standard InChI is InChI=1S/C18H28N2O6S/c1-7-20(8-2)27(23,24)16-11-14(9-10-15(16)25-6)18(22)26-13(5)17(21)19-12(3)4/h9-13H,7-8H2,1-6H3,(H,19,21). The Hall–Kier alpha value is -2.13. The van der Waals surface area contributed by atoms with Crippen molar-refractivity contribution in [2.75, 3.05) is 20.2 Å². The van der Waals surface area contributed by atoms with Crippen LogP contribution < -0.4 is 10.1 Å². The molecule has 152 valence electrons. The van der Waals surface area contributed by atoms with Crippen LogP contribution in [0.4, 0.5) is 0 Å². The molecule has 1 aromatic carbocycles. The summed E-state index contributed by atoms with van der Waals surface area (Å²) in [4.78, 5) is 24.2. The van der Waals surface area contributed by atoms with Crippen LogP contribution in [0.3, 0.4) is 0 Å². The lowest BCUT2D eigenvalue weighted by Crippen LogP contribution is -2.39. The smallest absolute Gasteiger partial charge is 0.338 e. The van der Waals surface area contributed by atoms with Gasteiger partial charge in [-0.1, -0.05) is 13.8 Å². The highest BCUT2D eigenvalue weighted by atomic mass is 32.2. The molecule has 1 amide bonds. The largest absolute Gasteiger partial charge is 0.495 e. The van der Waals surface area contributed by atoms with E-state index in [4.69, 9.17) is 9.47 Å². The second kappa shape index (κ2) is 9.70. The minimum absolute atomic E-state index is 0.0192. The van der Waals surface area contributed by atoms with Crippen molar-refractivity contribution in [3.8, 4) is 5.75 Å². The number of carbonyl (C=O) groups is 2. The van der Waals surface area contributed by atoms with Crippen LogP contribution in [0.5, 0.6) is 5.75 Å². The summed E-state index contributed by atoms with van der Waals surface area (Å²) in [6, 6.07) is 3.91. The zero-order chi connectivity index (χ0) is 20.8. The molecular formula is C18H28N2O6S. The second-order valence-electron chi connectivity index (χ2n) is 6.17. The fourth-order valence-corrected chi connectivity index (χ4v) is 4.03. The van der Waals surface area contributed by atoms with Gasteiger partial charge in [-0.15, -0.1) is 0 Å². The Bertz CT molecular complexity index is 772. The predicted molar refractivity (Wildman–Crippen MR) is 101 cm³/mol. The van der Waals surface area contributed by atoms with Gasteiger partial charge in [0.1, 0.15) is 10.6 Å². The average Bonchev–Trinajstić information content (AvgIpc) is 2.61. The highest BCUT2D eigenvalue weighted by molar-refractivity contribution is 7.89. The highest BCUT2D eigenvalue weighted by Crippen LogP contribution is 2.28. The van der Waals surface area contributed by atoms with E-state index >= 15 is 0 Å². The third-order valence-corrected chi connectivity index (χ3v) is 5.88. The third-order valence-electron chi connectivity index (χ3n) is 3.81. The van der Waals surface area contributed by atoms with Gasteiger partial charge in [0.15, 0.2) is 6.10 Å². The molecule has 0 aromatic heterocycles. The first-order valence-corrected chi connectivity index (χ1v) is 10.2. The van der Waals surface area contributed by atoms with Crippen molar-refractivity contribution in [3.05, 3.63) is 23.8 Å². The molecule has 27 heavy (non-hydrogen) atoms. The quantitative estimate of drug-likeness (QED) is 0.634. The predicted octanol–water partition coefficient (Wildman–Crippen LogP) is 1.80. The summed E-state index contributed by atoms with van der Waals surface area (Å²) in [5.41, 5.74) is 0.0192. The summed E-state index contributed by atoms with van der Waals surface area (Å²) in [7, 11) is -2.49. The van der Waals surface area contributed by atoms with E-state index in [9.17, 15) is 18.0 Å². The SMILES string of the molecule is CCN(CC)S(=O)(=O)c1cc(C(=O)OC(C)C(=O)NC(C)C)ccc1OC. The molecule has 0 radical (unpaired) electrons. The lowest BCUT2D eigenvalue weighted by molar-refractivity contribution is -0.129. The van der Waals surface area contributed by atoms with Gasteiger partial charge in [-0.05, 0) is 39.0 Å². The number of amides is 1. The van der Waals surface area contributed by atoms with Gasteiger partial charge in [0.2, 0.25) is 10.0 Å². The zero-order valence-electron chi connectivity index (χ0n) is 16.6. The van der Waals surface area contributed by atoms with Gasteiger partial charge in [0.05, 0.1) is 12.7 Å². The van der Waals surface area contributed by atoms with Crippen LogP contribution in [-0.4, -0.2) is 56.9 Å². The molecule has 0 aliphatic rings. The Morgan fingerprint density at radius 1 is 1.15 bits per heavy atom. The Kier molecular flexibility index (Phi) is 8.23. The van der Waals surface area contributed by atoms with E-state index in [1.165, 1.54) is 36.5 Å². The number of hydrogen-bond acceptors (Lipinski definition) is 6. The summed E-state index contributed by atoms with van der Waals surface area (Å²) in [5, 5.41) is 2.64. The summed E-state index contributed by atoms with van der Waals surface area (Å²) >= 11 is 0. The molecule has 0 spiro atoms. The molecule has 1 N–H and O–H groups in total. The molecule has 8 nitrogen and oxygen atoms in total. The lowest BCUT2D eigenvalue weighted by Gasteiger charge is -2.20. The molecule has 1 aromatic rings. The number of esters is 1. The van der Waals surface area contributed by atoms with Gasteiger partial charge in [-0.25, -0.2) is 13.2 Å². The van der Waals surface area contributed by atoms with E-state index in [-0.39, 0.29) is 35.3 Å². The number of sulfonamides is 1. The molecule has 0 saturated carbocycles. The first-order valence-electron chi connectivity index (χ1n) is 8.77. The van der Waals surface area contributed by atoms with Crippen LogP contribution in [0.25, 0.3) is 0 Å². The van der Waals surface area contributed by atoms with Crippen molar-refractivity contribution in [3.63, 3.8) is 0 Å². The van der Waals surface area contributed by atoms with Crippen molar-refractivity contribution >= 4 is 21.9 Å². The van der Waals surface area contributed by atoms with Gasteiger partial charge in [-0.2, -0.15) is 4.31 Å². The van der Waals surface area contributed by atoms with E-state index < -0.39 is 28.0 Å². The van der Waals surface area contributed by atoms with Crippen LogP contribution in [0.15, 0.2) is 23.1 Å². The number of hydrogen-bond donors (Lipinski definition) is 1. The van der Waals surface area contributed by atoms with Crippen LogP contribution in [0.1, 0.15) is 45.0 Å². The van der Waals surface area contributed by atoms with E-state index in [2.05, 4.69) is 5.32 Å². The highest BCUT2D eigenvalue weighted by Gasteiger charge is 2.28. The minimum Gasteiger partial charge on any atom is -0.495 e. The van der Waals surface area contributed by atoms with Gasteiger partial charge in [0.25, 0.3) is 5.91 Å². The van der Waals surface area contributed by atoms with Gasteiger partial charge in [0, 0.05) is 19.1 Å². The summed E-state index contributed by atoms with van der Waals surface area (Å²) in [5.74, 6) is -1.09. The number of rotatable bonds is 9. The first-order chi connectivity index (χ1) is 12.6. The second-order valence-corrected chi connectivity index (χ2v) is 8.07. The fourth-order valence-electron chi connectivity index (χ4n) is 2.39. The Balaban J connectivity index is 3.18. The molecule has 0 fully saturated rings. The van der Waals surface area contributed by atoms with Gasteiger partial charge in [-0.3, -0.25) is 4.79 Å². The molecule has 0 saturated heterocycles. The third kappa shape index (κ3) is 5.67. The maximum absolute atomic E-state index is 12.8. The lowest BCUT2D eigenvalue weighted by atomic mass is 10.2. The van der Waals surface area contributed by atoms with E-state index in [1.54, 1.807) is 27.7 Å². The van der Waals surface area contributed by atoms with Crippen molar-refractivity contribution in [2.45, 2.75) is 51.7 Å². The molecular weight excluding hydrogens is 372 g/mol. The summed E-state index contributed by atoms with van der Waals surface area (Å²) in [6.45, 7) is 9.04.